The van der Waals surface area contributed by atoms with Crippen LogP contribution in [0.2, 0.25) is 0 Å². The van der Waals surface area contributed by atoms with Crippen molar-refractivity contribution in [1.29, 1.82) is 0 Å². The number of nitrogens with zero attached hydrogens (tertiary/aromatic N) is 3. The van der Waals surface area contributed by atoms with E-state index in [1.807, 2.05) is 48.5 Å². The van der Waals surface area contributed by atoms with Gasteiger partial charge in [0.05, 0.1) is 12.1 Å². The smallest absolute Gasteiger partial charge is 0.410 e. The molecule has 0 aromatic heterocycles. The molecule has 1 N–H and O–H groups in total. The zero-order chi connectivity index (χ0) is 26.8. The van der Waals surface area contributed by atoms with E-state index in [4.69, 9.17) is 14.2 Å². The van der Waals surface area contributed by atoms with E-state index in [0.717, 1.165) is 13.1 Å². The summed E-state index contributed by atoms with van der Waals surface area (Å²) < 4.78 is 15.5. The van der Waals surface area contributed by atoms with Gasteiger partial charge in [0.1, 0.15) is 18.8 Å². The number of hydrogen-bond acceptors (Lipinski definition) is 7. The Bertz CT molecular complexity index is 723. The van der Waals surface area contributed by atoms with Crippen LogP contribution >= 0.6 is 12.4 Å². The lowest BCUT2D eigenvalue weighted by molar-refractivity contribution is -0.00756. The molecular weight excluding hydrogens is 488 g/mol. The van der Waals surface area contributed by atoms with Gasteiger partial charge in [-0.2, -0.15) is 0 Å². The number of nitrogens with one attached hydrogen (secondary N) is 1. The fourth-order valence-electron chi connectivity index (χ4n) is 4.06. The highest BCUT2D eigenvalue weighted by Gasteiger charge is 2.37. The molecule has 2 saturated heterocycles. The highest BCUT2D eigenvalue weighted by molar-refractivity contribution is 5.85. The van der Waals surface area contributed by atoms with Crippen molar-refractivity contribution in [2.24, 2.45) is 0 Å². The third-order valence-electron chi connectivity index (χ3n) is 5.47. The van der Waals surface area contributed by atoms with Gasteiger partial charge in [-0.1, -0.05) is 25.3 Å². The van der Waals surface area contributed by atoms with Crippen molar-refractivity contribution in [2.45, 2.75) is 78.2 Å². The average molecular weight is 533 g/mol. The Hall–Kier alpha value is -2.46. The zero-order valence-electron chi connectivity index (χ0n) is 22.8. The number of amides is 3. The first kappa shape index (κ1) is 33.5. The van der Waals surface area contributed by atoms with E-state index in [-0.39, 0.29) is 68.1 Å². The molecule has 0 bridgehead atoms. The van der Waals surface area contributed by atoms with E-state index >= 15 is 0 Å². The number of rotatable bonds is 4. The molecule has 2 heterocycles. The van der Waals surface area contributed by atoms with Crippen LogP contribution in [-0.2, 0) is 14.2 Å². The molecule has 0 unspecified atom stereocenters. The Morgan fingerprint density at radius 3 is 1.56 bits per heavy atom. The summed E-state index contributed by atoms with van der Waals surface area (Å²) in [6.07, 6.45) is 2.14. The molecule has 36 heavy (non-hydrogen) atoms. The fraction of sp³-hybridized carbons (Fsp3) is 0.720. The van der Waals surface area contributed by atoms with Crippen molar-refractivity contribution in [3.8, 4) is 0 Å². The highest BCUT2D eigenvalue weighted by Crippen LogP contribution is 2.19. The third kappa shape index (κ3) is 10.7. The summed E-state index contributed by atoms with van der Waals surface area (Å²) >= 11 is 0. The normalized spacial score (nSPS) is 23.8. The van der Waals surface area contributed by atoms with Gasteiger partial charge in [-0.15, -0.1) is 12.4 Å². The second kappa shape index (κ2) is 15.6. The molecule has 0 aliphatic carbocycles. The van der Waals surface area contributed by atoms with Crippen molar-refractivity contribution >= 4 is 30.7 Å². The van der Waals surface area contributed by atoms with Crippen molar-refractivity contribution in [2.75, 3.05) is 39.4 Å². The second-order valence-corrected chi connectivity index (χ2v) is 9.99. The Morgan fingerprint density at radius 1 is 0.806 bits per heavy atom. The number of hydrogen-bond donors (Lipinski definition) is 1. The average Bonchev–Trinajstić information content (AvgIpc) is 2.74. The fourth-order valence-corrected chi connectivity index (χ4v) is 4.06. The number of carbonyl (C=O) groups is 3. The first-order chi connectivity index (χ1) is 16.3. The zero-order valence-corrected chi connectivity index (χ0v) is 23.6. The van der Waals surface area contributed by atoms with Gasteiger partial charge in [0.15, 0.2) is 0 Å². The van der Waals surface area contributed by atoms with Crippen LogP contribution in [0.5, 0.6) is 0 Å². The highest BCUT2D eigenvalue weighted by atomic mass is 35.5. The maximum Gasteiger partial charge on any atom is 0.410 e. The molecule has 0 aromatic carbocycles. The Kier molecular flexibility index (Phi) is 14.5. The molecule has 10 nitrogen and oxygen atoms in total. The van der Waals surface area contributed by atoms with Gasteiger partial charge in [0.25, 0.3) is 0 Å². The minimum atomic E-state index is -0.524. The third-order valence-corrected chi connectivity index (χ3v) is 5.47. The second-order valence-electron chi connectivity index (χ2n) is 9.99. The lowest BCUT2D eigenvalue weighted by Gasteiger charge is -2.43. The molecule has 0 saturated carbocycles. The molecule has 2 aliphatic rings. The lowest BCUT2D eigenvalue weighted by Crippen LogP contribution is -2.60. The molecule has 2 aliphatic heterocycles. The van der Waals surface area contributed by atoms with Crippen LogP contribution in [0.25, 0.3) is 0 Å². The summed E-state index contributed by atoms with van der Waals surface area (Å²) in [5, 5.41) is 3.26. The van der Waals surface area contributed by atoms with Crippen LogP contribution in [0, 0.1) is 0 Å². The Morgan fingerprint density at radius 2 is 1.19 bits per heavy atom. The number of halogens is 1. The first-order valence-corrected chi connectivity index (χ1v) is 12.1. The predicted octanol–water partition coefficient (Wildman–Crippen LogP) is 4.05. The van der Waals surface area contributed by atoms with Gasteiger partial charge < -0.3 is 29.3 Å². The van der Waals surface area contributed by atoms with Gasteiger partial charge in [-0.05, 0) is 48.5 Å². The molecule has 2 rings (SSSR count). The van der Waals surface area contributed by atoms with Crippen LogP contribution in [0.1, 0.15) is 48.5 Å². The Labute approximate surface area is 222 Å². The number of ether oxygens (including phenoxy) is 3. The topological polar surface area (TPSA) is 101 Å². The van der Waals surface area contributed by atoms with Crippen LogP contribution in [-0.4, -0.2) is 102 Å². The van der Waals surface area contributed by atoms with Gasteiger partial charge in [0.2, 0.25) is 0 Å². The summed E-state index contributed by atoms with van der Waals surface area (Å²) in [4.78, 5) is 40.8. The number of carbonyl (C=O) groups excluding carboxylic acids is 3. The summed E-state index contributed by atoms with van der Waals surface area (Å²) in [5.74, 6) is 0. The monoisotopic (exact) mass is 532 g/mol. The first-order valence-electron chi connectivity index (χ1n) is 12.1. The van der Waals surface area contributed by atoms with Crippen LogP contribution < -0.4 is 5.32 Å². The summed E-state index contributed by atoms with van der Waals surface area (Å²) in [7, 11) is 0. The van der Waals surface area contributed by atoms with E-state index in [1.165, 1.54) is 6.08 Å². The minimum Gasteiger partial charge on any atom is -0.445 e. The summed E-state index contributed by atoms with van der Waals surface area (Å²) in [6.45, 7) is 23.3. The standard InChI is InChI=1S/C15H26N2O4.C10H18N2O2.ClH/c1-7-8-20-14(19)17-11(2)9-16(10-12(17)3)13(18)21-15(4,5)6;1-4-5-14-10(13)12-8(2)6-11-7-9(12)3;/h7,11-12H,1,8-10H2,2-6H3;4,8-9,11H,1,5-7H2,2-3H3;1H/t11-,12+;8-,9+;. The largest absolute Gasteiger partial charge is 0.445 e. The molecular formula is C25H45ClN4O6. The quantitative estimate of drug-likeness (QED) is 0.430. The minimum absolute atomic E-state index is 0. The van der Waals surface area contributed by atoms with E-state index in [0.29, 0.717) is 13.1 Å². The van der Waals surface area contributed by atoms with Gasteiger partial charge in [-0.3, -0.25) is 4.90 Å². The molecule has 3 amide bonds. The molecule has 0 radical (unpaired) electrons. The molecule has 4 atom stereocenters. The van der Waals surface area contributed by atoms with E-state index < -0.39 is 5.60 Å². The van der Waals surface area contributed by atoms with Crippen LogP contribution in [0.4, 0.5) is 14.4 Å². The van der Waals surface area contributed by atoms with E-state index in [1.54, 1.807) is 20.8 Å². The summed E-state index contributed by atoms with van der Waals surface area (Å²) in [5.41, 5.74) is -0.524. The Balaban J connectivity index is 0.000000713. The molecule has 0 aromatic rings. The molecule has 2 fully saturated rings. The molecule has 0 spiro atoms. The van der Waals surface area contributed by atoms with Gasteiger partial charge in [0, 0.05) is 38.3 Å². The van der Waals surface area contributed by atoms with Crippen molar-refractivity contribution in [3.63, 3.8) is 0 Å². The van der Waals surface area contributed by atoms with E-state index in [9.17, 15) is 14.4 Å². The van der Waals surface area contributed by atoms with Crippen LogP contribution in [0.3, 0.4) is 0 Å². The SMILES string of the molecule is C=CCOC(=O)N1[C@H](C)CN(C(=O)OC(C)(C)C)C[C@@H]1C.C=CCOC(=O)N1[C@H](C)CNC[C@@H]1C.Cl. The van der Waals surface area contributed by atoms with Gasteiger partial charge in [-0.25, -0.2) is 14.4 Å². The van der Waals surface area contributed by atoms with Crippen molar-refractivity contribution in [1.82, 2.24) is 20.0 Å². The molecule has 208 valence electrons. The maximum absolute atomic E-state index is 12.1. The summed E-state index contributed by atoms with van der Waals surface area (Å²) in [6, 6.07) is 0.129. The van der Waals surface area contributed by atoms with Crippen LogP contribution in [0.15, 0.2) is 25.3 Å². The van der Waals surface area contributed by atoms with Crippen molar-refractivity contribution < 1.29 is 28.6 Å². The predicted molar refractivity (Wildman–Crippen MR) is 143 cm³/mol. The van der Waals surface area contributed by atoms with E-state index in [2.05, 4.69) is 18.5 Å². The maximum atomic E-state index is 12.1. The number of piperazine rings is 2. The van der Waals surface area contributed by atoms with Crippen molar-refractivity contribution in [3.05, 3.63) is 25.3 Å². The molecule has 11 heteroatoms. The lowest BCUT2D eigenvalue weighted by atomic mass is 10.1. The van der Waals surface area contributed by atoms with Gasteiger partial charge >= 0.3 is 18.3 Å².